The van der Waals surface area contributed by atoms with E-state index in [9.17, 15) is 0 Å². The largest absolute Gasteiger partial charge is 0.305 e. The van der Waals surface area contributed by atoms with Crippen LogP contribution in [0.15, 0.2) is 24.3 Å². The van der Waals surface area contributed by atoms with Crippen molar-refractivity contribution in [2.75, 3.05) is 20.1 Å². The van der Waals surface area contributed by atoms with E-state index >= 15 is 0 Å². The lowest BCUT2D eigenvalue weighted by Crippen LogP contribution is -2.27. The first-order valence-corrected chi connectivity index (χ1v) is 6.85. The van der Waals surface area contributed by atoms with Gasteiger partial charge < -0.3 is 4.90 Å². The van der Waals surface area contributed by atoms with Crippen LogP contribution in [0.5, 0.6) is 0 Å². The fourth-order valence-electron chi connectivity index (χ4n) is 1.99. The average molecular weight is 244 g/mol. The molecular formula is C16H24N2. The Morgan fingerprint density at radius 3 is 2.28 bits per heavy atom. The highest BCUT2D eigenvalue weighted by Crippen LogP contribution is 2.07. The van der Waals surface area contributed by atoms with Gasteiger partial charge >= 0.3 is 0 Å². The summed E-state index contributed by atoms with van der Waals surface area (Å²) >= 11 is 0. The second-order valence-corrected chi connectivity index (χ2v) is 4.92. The molecule has 1 unspecified atom stereocenters. The predicted octanol–water partition coefficient (Wildman–Crippen LogP) is 3.27. The molecule has 1 aromatic rings. The van der Waals surface area contributed by atoms with E-state index in [4.69, 9.17) is 5.26 Å². The number of nitrogens with zero attached hydrogens (tertiary/aromatic N) is 2. The summed E-state index contributed by atoms with van der Waals surface area (Å²) in [5.41, 5.74) is 2.77. The maximum Gasteiger partial charge on any atom is 0.0669 e. The van der Waals surface area contributed by atoms with E-state index in [0.29, 0.717) is 0 Å². The number of likely N-dealkylation sites (N-methyl/N-ethyl adjacent to an activating group) is 1. The monoisotopic (exact) mass is 244 g/mol. The summed E-state index contributed by atoms with van der Waals surface area (Å²) in [6.07, 6.45) is 3.09. The van der Waals surface area contributed by atoms with Gasteiger partial charge in [-0.05, 0) is 37.4 Å². The highest BCUT2D eigenvalue weighted by molar-refractivity contribution is 5.22. The molecule has 0 aliphatic heterocycles. The van der Waals surface area contributed by atoms with E-state index in [1.807, 2.05) is 0 Å². The van der Waals surface area contributed by atoms with Crippen molar-refractivity contribution in [3.05, 3.63) is 35.4 Å². The van der Waals surface area contributed by atoms with Gasteiger partial charge in [-0.15, -0.1) is 0 Å². The van der Waals surface area contributed by atoms with Crippen LogP contribution in [0.2, 0.25) is 0 Å². The summed E-state index contributed by atoms with van der Waals surface area (Å²) in [5.74, 6) is 0.164. The van der Waals surface area contributed by atoms with E-state index in [1.54, 1.807) is 0 Å². The molecule has 0 spiro atoms. The van der Waals surface area contributed by atoms with Crippen molar-refractivity contribution in [2.45, 2.75) is 33.1 Å². The van der Waals surface area contributed by atoms with Crippen LogP contribution >= 0.6 is 0 Å². The van der Waals surface area contributed by atoms with E-state index in [1.165, 1.54) is 11.1 Å². The van der Waals surface area contributed by atoms with Crippen LogP contribution in [-0.2, 0) is 12.8 Å². The third-order valence-electron chi connectivity index (χ3n) is 3.42. The van der Waals surface area contributed by atoms with E-state index in [-0.39, 0.29) is 5.92 Å². The maximum absolute atomic E-state index is 8.94. The molecule has 0 aromatic heterocycles. The van der Waals surface area contributed by atoms with E-state index in [0.717, 1.165) is 32.4 Å². The average Bonchev–Trinajstić information content (AvgIpc) is 2.43. The number of aryl methyl sites for hydroxylation is 1. The van der Waals surface area contributed by atoms with Gasteiger partial charge in [0.2, 0.25) is 0 Å². The zero-order chi connectivity index (χ0) is 13.4. The normalized spacial score (nSPS) is 12.4. The van der Waals surface area contributed by atoms with Crippen LogP contribution < -0.4 is 0 Å². The van der Waals surface area contributed by atoms with Crippen molar-refractivity contribution in [2.24, 2.45) is 5.92 Å². The number of hydrogen-bond donors (Lipinski definition) is 0. The maximum atomic E-state index is 8.94. The van der Waals surface area contributed by atoms with Crippen LogP contribution in [0.4, 0.5) is 0 Å². The van der Waals surface area contributed by atoms with Gasteiger partial charge in [-0.25, -0.2) is 0 Å². The fraction of sp³-hybridized carbons (Fsp3) is 0.562. The number of benzene rings is 1. The summed E-state index contributed by atoms with van der Waals surface area (Å²) in [7, 11) is 2.10. The molecule has 0 bridgehead atoms. The molecule has 0 aliphatic carbocycles. The zero-order valence-corrected chi connectivity index (χ0v) is 11.8. The minimum atomic E-state index is 0.164. The second-order valence-electron chi connectivity index (χ2n) is 4.92. The number of hydrogen-bond acceptors (Lipinski definition) is 2. The van der Waals surface area contributed by atoms with Crippen LogP contribution in [0.3, 0.4) is 0 Å². The Hall–Kier alpha value is -1.33. The van der Waals surface area contributed by atoms with Gasteiger partial charge in [-0.3, -0.25) is 0 Å². The number of nitriles is 1. The van der Waals surface area contributed by atoms with E-state index in [2.05, 4.69) is 56.1 Å². The summed E-state index contributed by atoms with van der Waals surface area (Å²) in [5, 5.41) is 8.94. The molecule has 0 heterocycles. The molecule has 18 heavy (non-hydrogen) atoms. The Labute approximate surface area is 111 Å². The predicted molar refractivity (Wildman–Crippen MR) is 76.4 cm³/mol. The van der Waals surface area contributed by atoms with Gasteiger partial charge in [0.25, 0.3) is 0 Å². The molecule has 0 saturated carbocycles. The van der Waals surface area contributed by atoms with Gasteiger partial charge in [-0.1, -0.05) is 38.1 Å². The molecule has 0 saturated heterocycles. The van der Waals surface area contributed by atoms with Crippen LogP contribution in [0, 0.1) is 17.2 Å². The molecule has 1 atom stereocenters. The van der Waals surface area contributed by atoms with Crippen LogP contribution in [0.25, 0.3) is 0 Å². The first kappa shape index (κ1) is 14.7. The first-order chi connectivity index (χ1) is 8.69. The van der Waals surface area contributed by atoms with Gasteiger partial charge in [0.15, 0.2) is 0 Å². The Morgan fingerprint density at radius 2 is 1.78 bits per heavy atom. The highest BCUT2D eigenvalue weighted by atomic mass is 15.1. The highest BCUT2D eigenvalue weighted by Gasteiger charge is 2.08. The van der Waals surface area contributed by atoms with Crippen LogP contribution in [-0.4, -0.2) is 25.0 Å². The molecule has 2 nitrogen and oxygen atoms in total. The van der Waals surface area contributed by atoms with Crippen molar-refractivity contribution < 1.29 is 0 Å². The molecule has 0 radical (unpaired) electrons. The summed E-state index contributed by atoms with van der Waals surface area (Å²) in [4.78, 5) is 2.26. The lowest BCUT2D eigenvalue weighted by atomic mass is 10.1. The molecule has 98 valence electrons. The van der Waals surface area contributed by atoms with Crippen molar-refractivity contribution in [1.29, 1.82) is 5.26 Å². The molecular weight excluding hydrogens is 220 g/mol. The van der Waals surface area contributed by atoms with Gasteiger partial charge in [0.1, 0.15) is 0 Å². The number of rotatable bonds is 7. The quantitative estimate of drug-likeness (QED) is 0.736. The molecule has 0 fully saturated rings. The Morgan fingerprint density at radius 1 is 1.17 bits per heavy atom. The van der Waals surface area contributed by atoms with Crippen molar-refractivity contribution in [3.8, 4) is 6.07 Å². The third-order valence-corrected chi connectivity index (χ3v) is 3.42. The first-order valence-electron chi connectivity index (χ1n) is 6.85. The Bertz CT molecular complexity index is 375. The third kappa shape index (κ3) is 4.89. The Balaban J connectivity index is 2.37. The summed E-state index contributed by atoms with van der Waals surface area (Å²) in [6, 6.07) is 11.2. The molecule has 0 amide bonds. The molecule has 0 aliphatic rings. The minimum Gasteiger partial charge on any atom is -0.305 e. The fourth-order valence-corrected chi connectivity index (χ4v) is 1.99. The lowest BCUT2D eigenvalue weighted by Gasteiger charge is -2.18. The van der Waals surface area contributed by atoms with Gasteiger partial charge in [0.05, 0.1) is 12.0 Å². The smallest absolute Gasteiger partial charge is 0.0669 e. The SMILES string of the molecule is CCc1ccc(CCN(C)CC(C#N)CC)cc1. The topological polar surface area (TPSA) is 27.0 Å². The van der Waals surface area contributed by atoms with Crippen molar-refractivity contribution in [1.82, 2.24) is 4.90 Å². The lowest BCUT2D eigenvalue weighted by molar-refractivity contribution is 0.303. The second kappa shape index (κ2) is 7.89. The van der Waals surface area contributed by atoms with Gasteiger partial charge in [0, 0.05) is 13.1 Å². The molecule has 1 rings (SSSR count). The van der Waals surface area contributed by atoms with Gasteiger partial charge in [-0.2, -0.15) is 5.26 Å². The molecule has 0 N–H and O–H groups in total. The molecule has 1 aromatic carbocycles. The van der Waals surface area contributed by atoms with Crippen molar-refractivity contribution >= 4 is 0 Å². The van der Waals surface area contributed by atoms with E-state index < -0.39 is 0 Å². The zero-order valence-electron chi connectivity index (χ0n) is 11.8. The standard InChI is InChI=1S/C16H24N2/c1-4-14-6-8-16(9-7-14)10-11-18(3)13-15(5-2)12-17/h6-9,15H,4-5,10-11,13H2,1-3H3. The van der Waals surface area contributed by atoms with Crippen LogP contribution in [0.1, 0.15) is 31.4 Å². The molecule has 2 heteroatoms. The summed E-state index contributed by atoms with van der Waals surface area (Å²) < 4.78 is 0. The Kier molecular flexibility index (Phi) is 6.46. The minimum absolute atomic E-state index is 0.164. The van der Waals surface area contributed by atoms with Crippen molar-refractivity contribution in [3.63, 3.8) is 0 Å². The summed E-state index contributed by atoms with van der Waals surface area (Å²) in [6.45, 7) is 6.14.